The highest BCUT2D eigenvalue weighted by molar-refractivity contribution is 5.35. The zero-order chi connectivity index (χ0) is 27.7. The van der Waals surface area contributed by atoms with Crippen molar-refractivity contribution in [3.63, 3.8) is 0 Å². The Labute approximate surface area is 215 Å². The molecule has 0 bridgehead atoms. The summed E-state index contributed by atoms with van der Waals surface area (Å²) in [5, 5.41) is 11.8. The van der Waals surface area contributed by atoms with Gasteiger partial charge in [0.25, 0.3) is 0 Å². The second-order valence-electron chi connectivity index (χ2n) is 9.82. The molecule has 210 valence electrons. The third-order valence-electron chi connectivity index (χ3n) is 7.15. The van der Waals surface area contributed by atoms with E-state index in [1.165, 1.54) is 19.1 Å². The lowest BCUT2D eigenvalue weighted by Crippen LogP contribution is -3.10. The third-order valence-corrected chi connectivity index (χ3v) is 7.15. The van der Waals surface area contributed by atoms with Gasteiger partial charge in [0.2, 0.25) is 0 Å². The van der Waals surface area contributed by atoms with Gasteiger partial charge in [-0.2, -0.15) is 26.3 Å². The fourth-order valence-electron chi connectivity index (χ4n) is 5.09. The maximum absolute atomic E-state index is 13.7. The van der Waals surface area contributed by atoms with Crippen molar-refractivity contribution in [2.75, 3.05) is 39.3 Å². The number of alkyl halides is 6. The number of rotatable bonds is 6. The van der Waals surface area contributed by atoms with Gasteiger partial charge in [-0.3, -0.25) is 4.90 Å². The predicted molar refractivity (Wildman–Crippen MR) is 123 cm³/mol. The Kier molecular flexibility index (Phi) is 8.68. The molecule has 0 radical (unpaired) electrons. The van der Waals surface area contributed by atoms with Crippen molar-refractivity contribution in [1.29, 1.82) is 0 Å². The van der Waals surface area contributed by atoms with E-state index in [9.17, 15) is 35.9 Å². The number of piperazine rings is 1. The first-order valence-electron chi connectivity index (χ1n) is 12.4. The first kappa shape index (κ1) is 28.8. The molecule has 0 aromatic heterocycles. The number of hydrogen-bond acceptors (Lipinski definition) is 4. The molecule has 0 spiro atoms. The van der Waals surface area contributed by atoms with Gasteiger partial charge < -0.3 is 19.7 Å². The molecule has 0 amide bonds. The van der Waals surface area contributed by atoms with Gasteiger partial charge in [-0.1, -0.05) is 12.1 Å². The third kappa shape index (κ3) is 7.03. The minimum atomic E-state index is -4.98. The molecule has 1 unspecified atom stereocenters. The normalized spacial score (nSPS) is 24.9. The highest BCUT2D eigenvalue weighted by atomic mass is 19.4. The summed E-state index contributed by atoms with van der Waals surface area (Å²) in [7, 11) is 0. The quantitative estimate of drug-likeness (QED) is 0.416. The van der Waals surface area contributed by atoms with Crippen LogP contribution in [0, 0.1) is 16.9 Å². The number of benzene rings is 2. The molecule has 12 heteroatoms. The number of nitrogens with zero attached hydrogens (tertiary/aromatic N) is 1. The summed E-state index contributed by atoms with van der Waals surface area (Å²) >= 11 is 0. The van der Waals surface area contributed by atoms with Crippen LogP contribution >= 0.6 is 0 Å². The molecule has 0 saturated carbocycles. The fourth-order valence-corrected chi connectivity index (χ4v) is 5.09. The van der Waals surface area contributed by atoms with Gasteiger partial charge in [-0.15, -0.1) is 0 Å². The highest BCUT2D eigenvalue weighted by Gasteiger charge is 2.40. The van der Waals surface area contributed by atoms with Crippen LogP contribution in [0.2, 0.25) is 0 Å². The monoisotopic (exact) mass is 550 g/mol. The van der Waals surface area contributed by atoms with Gasteiger partial charge in [-0.05, 0) is 60.7 Å². The van der Waals surface area contributed by atoms with E-state index in [4.69, 9.17) is 9.47 Å². The van der Waals surface area contributed by atoms with Gasteiger partial charge in [0.1, 0.15) is 5.82 Å². The molecule has 2 aliphatic rings. The standard InChI is InChI=1S/C26H29F7N2O3/c1-16(19-12-20(25(28,29)30)14-21(13-19)26(31,32)33)38-24-23(17-2-4-22(27)5-3-17)18(6-11-37-24)15-34-7-9-35(36)10-8-34/h2-5,12-14,16,18,23-24,35H,6-11,15H2,1H3/t16?,18-,23-,24-/m1/s1. The van der Waals surface area contributed by atoms with Crippen molar-refractivity contribution >= 4 is 0 Å². The van der Waals surface area contributed by atoms with E-state index in [1.807, 2.05) is 0 Å². The summed E-state index contributed by atoms with van der Waals surface area (Å²) in [6, 6.07) is 7.10. The van der Waals surface area contributed by atoms with Crippen molar-refractivity contribution in [2.24, 2.45) is 5.92 Å². The first-order chi connectivity index (χ1) is 17.8. The Morgan fingerprint density at radius 2 is 1.58 bits per heavy atom. The van der Waals surface area contributed by atoms with Crippen LogP contribution < -0.4 is 5.06 Å². The molecule has 2 aromatic rings. The van der Waals surface area contributed by atoms with E-state index in [1.54, 1.807) is 12.1 Å². The average molecular weight is 551 g/mol. The molecular formula is C26H29F7N2O3. The van der Waals surface area contributed by atoms with E-state index in [2.05, 4.69) is 4.90 Å². The van der Waals surface area contributed by atoms with Gasteiger partial charge in [0.15, 0.2) is 6.29 Å². The molecular weight excluding hydrogens is 521 g/mol. The van der Waals surface area contributed by atoms with Crippen LogP contribution in [0.1, 0.15) is 47.6 Å². The number of ether oxygens (including phenoxy) is 2. The van der Waals surface area contributed by atoms with Gasteiger partial charge in [0, 0.05) is 25.6 Å². The predicted octanol–water partition coefficient (Wildman–Crippen LogP) is 4.79. The van der Waals surface area contributed by atoms with E-state index in [-0.39, 0.29) is 29.2 Å². The number of nitrogens with one attached hydrogen (secondary N) is 1. The smallest absolute Gasteiger partial charge is 0.416 e. The molecule has 0 aliphatic carbocycles. The molecule has 4 atom stereocenters. The molecule has 5 nitrogen and oxygen atoms in total. The van der Waals surface area contributed by atoms with E-state index in [0.29, 0.717) is 56.8 Å². The lowest BCUT2D eigenvalue weighted by Gasteiger charge is -2.42. The molecule has 1 N–H and O–H groups in total. The molecule has 2 aromatic carbocycles. The second kappa shape index (κ2) is 11.5. The highest BCUT2D eigenvalue weighted by Crippen LogP contribution is 2.41. The molecule has 4 rings (SSSR count). The maximum Gasteiger partial charge on any atom is 0.416 e. The van der Waals surface area contributed by atoms with Crippen LogP contribution in [0.15, 0.2) is 42.5 Å². The van der Waals surface area contributed by atoms with Gasteiger partial charge in [-0.25, -0.2) is 4.39 Å². The van der Waals surface area contributed by atoms with Crippen molar-refractivity contribution in [3.05, 3.63) is 75.7 Å². The lowest BCUT2D eigenvalue weighted by molar-refractivity contribution is -0.853. The second-order valence-corrected chi connectivity index (χ2v) is 9.82. The van der Waals surface area contributed by atoms with Crippen LogP contribution in [-0.4, -0.2) is 50.5 Å². The Balaban J connectivity index is 1.61. The number of halogens is 7. The average Bonchev–Trinajstić information content (AvgIpc) is 2.85. The van der Waals surface area contributed by atoms with Crippen molar-refractivity contribution < 1.29 is 45.3 Å². The largest absolute Gasteiger partial charge is 0.634 e. The zero-order valence-corrected chi connectivity index (χ0v) is 20.6. The van der Waals surface area contributed by atoms with E-state index < -0.39 is 47.6 Å². The summed E-state index contributed by atoms with van der Waals surface area (Å²) in [6.45, 7) is 4.31. The summed E-state index contributed by atoms with van der Waals surface area (Å²) in [6.07, 6.45) is -11.5. The fraction of sp³-hybridized carbons (Fsp3) is 0.538. The minimum Gasteiger partial charge on any atom is -0.634 e. The van der Waals surface area contributed by atoms with Crippen molar-refractivity contribution in [3.8, 4) is 0 Å². The zero-order valence-electron chi connectivity index (χ0n) is 20.6. The summed E-state index contributed by atoms with van der Waals surface area (Å²) in [5.74, 6) is -0.977. The minimum absolute atomic E-state index is 0.0631. The number of hydroxylamine groups is 2. The summed E-state index contributed by atoms with van der Waals surface area (Å²) in [5.41, 5.74) is -2.45. The Morgan fingerprint density at radius 1 is 1.00 bits per heavy atom. The topological polar surface area (TPSA) is 49.2 Å². The Bertz CT molecular complexity index is 1040. The molecule has 2 heterocycles. The van der Waals surface area contributed by atoms with E-state index in [0.717, 1.165) is 0 Å². The van der Waals surface area contributed by atoms with Gasteiger partial charge >= 0.3 is 12.4 Å². The summed E-state index contributed by atoms with van der Waals surface area (Å²) < 4.78 is 106. The SMILES string of the molecule is CC(O[C@H]1OCC[C@H](CN2CC[NH+]([O-])CC2)[C@H]1c1ccc(F)cc1)c1cc(C(F)(F)F)cc(C(F)(F)F)c1. The maximum atomic E-state index is 13.7. The summed E-state index contributed by atoms with van der Waals surface area (Å²) in [4.78, 5) is 2.15. The van der Waals surface area contributed by atoms with Crippen LogP contribution in [0.5, 0.6) is 0 Å². The van der Waals surface area contributed by atoms with Crippen LogP contribution in [0.4, 0.5) is 30.7 Å². The molecule has 38 heavy (non-hydrogen) atoms. The van der Waals surface area contributed by atoms with Crippen LogP contribution in [-0.2, 0) is 21.8 Å². The lowest BCUT2D eigenvalue weighted by atomic mass is 9.81. The number of quaternary nitrogens is 1. The van der Waals surface area contributed by atoms with Crippen molar-refractivity contribution in [2.45, 2.75) is 44.0 Å². The van der Waals surface area contributed by atoms with Crippen molar-refractivity contribution in [1.82, 2.24) is 4.90 Å². The van der Waals surface area contributed by atoms with E-state index >= 15 is 0 Å². The molecule has 2 saturated heterocycles. The number of hydrogen-bond donors (Lipinski definition) is 1. The molecule has 2 aliphatic heterocycles. The van der Waals surface area contributed by atoms with Crippen LogP contribution in [0.3, 0.4) is 0 Å². The first-order valence-corrected chi connectivity index (χ1v) is 12.4. The Hall–Kier alpha value is -2.25. The Morgan fingerprint density at radius 3 is 2.13 bits per heavy atom. The van der Waals surface area contributed by atoms with Gasteiger partial charge in [0.05, 0.1) is 36.9 Å². The molecule has 2 fully saturated rings. The van der Waals surface area contributed by atoms with Crippen LogP contribution in [0.25, 0.3) is 0 Å².